The van der Waals surface area contributed by atoms with Gasteiger partial charge in [-0.3, -0.25) is 0 Å². The highest BCUT2D eigenvalue weighted by molar-refractivity contribution is 9.10. The van der Waals surface area contributed by atoms with Crippen molar-refractivity contribution in [2.24, 2.45) is 0 Å². The van der Waals surface area contributed by atoms with Crippen molar-refractivity contribution in [3.8, 4) is 11.5 Å². The molecule has 0 fully saturated rings. The lowest BCUT2D eigenvalue weighted by atomic mass is 10.1. The van der Waals surface area contributed by atoms with Gasteiger partial charge in [0.2, 0.25) is 0 Å². The Morgan fingerprint density at radius 3 is 1.31 bits per heavy atom. The van der Waals surface area contributed by atoms with Crippen LogP contribution >= 0.6 is 31.9 Å². The minimum Gasteiger partial charge on any atom is -0.505 e. The lowest BCUT2D eigenvalue weighted by molar-refractivity contribution is 0.432. The molecule has 2 unspecified atom stereocenters. The second-order valence-corrected chi connectivity index (χ2v) is 12.7. The van der Waals surface area contributed by atoms with Gasteiger partial charge >= 0.3 is 0 Å². The zero-order valence-corrected chi connectivity index (χ0v) is 24.2. The van der Waals surface area contributed by atoms with Gasteiger partial charge in [-0.2, -0.15) is 0 Å². The average molecular weight is 676 g/mol. The van der Waals surface area contributed by atoms with E-state index in [1.165, 1.54) is 48.6 Å². The first-order valence-electron chi connectivity index (χ1n) is 11.6. The average Bonchev–Trinajstić information content (AvgIpc) is 2.90. The van der Waals surface area contributed by atoms with Gasteiger partial charge in [0.15, 0.2) is 33.0 Å². The van der Waals surface area contributed by atoms with Gasteiger partial charge in [-0.15, -0.1) is 0 Å². The molecule has 4 rings (SSSR count). The Hall–Kier alpha value is -3.27. The van der Waals surface area contributed by atoms with Crippen molar-refractivity contribution in [1.29, 1.82) is 0 Å². The van der Waals surface area contributed by atoms with Crippen LogP contribution in [0, 0.1) is 11.6 Å². The summed E-state index contributed by atoms with van der Waals surface area (Å²) in [4.78, 5) is 0. The van der Waals surface area contributed by atoms with E-state index in [0.29, 0.717) is 22.3 Å². The summed E-state index contributed by atoms with van der Waals surface area (Å²) in [5.74, 6) is -2.65. The summed E-state index contributed by atoms with van der Waals surface area (Å²) in [6.07, 6.45) is 6.02. The minimum atomic E-state index is -4.05. The molecule has 200 valence electrons. The first-order chi connectivity index (χ1) is 18.5. The van der Waals surface area contributed by atoms with E-state index >= 15 is 0 Å². The van der Waals surface area contributed by atoms with Gasteiger partial charge in [-0.05, 0) is 70.8 Å². The molecule has 0 bridgehead atoms. The monoisotopic (exact) mass is 674 g/mol. The maximum absolute atomic E-state index is 14.3. The van der Waals surface area contributed by atoms with Gasteiger partial charge in [0.1, 0.15) is 10.5 Å². The molecule has 0 saturated heterocycles. The van der Waals surface area contributed by atoms with E-state index in [4.69, 9.17) is 0 Å². The standard InChI is InChI=1S/C30H22Br2F2O4S/c31-23-9-5-21(6-10-23)29(15-3-19-1-13-25(33)27(35)17-19)39(37,38)30(22-7-11-24(32)12-8-22)16-4-20-2-14-26(34)28(36)18-20/h1-18,29-30,35-36H. The van der Waals surface area contributed by atoms with Gasteiger partial charge in [0, 0.05) is 8.95 Å². The summed E-state index contributed by atoms with van der Waals surface area (Å²) in [5, 5.41) is 17.3. The van der Waals surface area contributed by atoms with Gasteiger partial charge < -0.3 is 10.2 Å². The third-order valence-electron chi connectivity index (χ3n) is 5.97. The Balaban J connectivity index is 1.83. The first kappa shape index (κ1) is 28.7. The van der Waals surface area contributed by atoms with Gasteiger partial charge in [0.05, 0.1) is 0 Å². The molecule has 39 heavy (non-hydrogen) atoms. The number of phenols is 2. The van der Waals surface area contributed by atoms with Crippen LogP contribution in [-0.4, -0.2) is 18.6 Å². The van der Waals surface area contributed by atoms with Gasteiger partial charge in [-0.25, -0.2) is 17.2 Å². The Morgan fingerprint density at radius 2 is 0.974 bits per heavy atom. The number of rotatable bonds is 8. The fourth-order valence-electron chi connectivity index (χ4n) is 3.95. The van der Waals surface area contributed by atoms with Crippen LogP contribution in [0.25, 0.3) is 12.2 Å². The predicted octanol–water partition coefficient (Wildman–Crippen LogP) is 8.53. The van der Waals surface area contributed by atoms with Crippen molar-refractivity contribution in [3.63, 3.8) is 0 Å². The van der Waals surface area contributed by atoms with E-state index in [9.17, 15) is 27.4 Å². The third-order valence-corrected chi connectivity index (χ3v) is 9.30. The van der Waals surface area contributed by atoms with E-state index in [-0.39, 0.29) is 0 Å². The first-order valence-corrected chi connectivity index (χ1v) is 14.8. The molecule has 9 heteroatoms. The van der Waals surface area contributed by atoms with E-state index in [1.54, 1.807) is 48.5 Å². The van der Waals surface area contributed by atoms with Crippen LogP contribution in [0.2, 0.25) is 0 Å². The summed E-state index contributed by atoms with van der Waals surface area (Å²) < 4.78 is 57.4. The van der Waals surface area contributed by atoms with E-state index in [1.807, 2.05) is 0 Å². The summed E-state index contributed by atoms with van der Waals surface area (Å²) in [6.45, 7) is 0. The number of aromatic hydroxyl groups is 2. The smallest absolute Gasteiger partial charge is 0.171 e. The molecule has 0 heterocycles. The van der Waals surface area contributed by atoms with E-state index < -0.39 is 43.5 Å². The molecule has 2 atom stereocenters. The maximum Gasteiger partial charge on any atom is 0.171 e. The Morgan fingerprint density at radius 1 is 0.615 bits per heavy atom. The highest BCUT2D eigenvalue weighted by atomic mass is 79.9. The summed E-state index contributed by atoms with van der Waals surface area (Å²) in [5.41, 5.74) is 1.83. The SMILES string of the molecule is O=S(=O)(C(C=Cc1ccc(F)c(O)c1)c1ccc(Br)cc1)C(C=Cc1ccc(F)c(O)c1)c1ccc(Br)cc1. The van der Waals surface area contributed by atoms with Crippen molar-refractivity contribution in [3.05, 3.63) is 140 Å². The van der Waals surface area contributed by atoms with Crippen LogP contribution in [0.5, 0.6) is 11.5 Å². The third kappa shape index (κ3) is 7.03. The zero-order chi connectivity index (χ0) is 28.2. The summed E-state index contributed by atoms with van der Waals surface area (Å²) in [7, 11) is -4.05. The fraction of sp³-hybridized carbons (Fsp3) is 0.0667. The molecule has 0 aliphatic heterocycles. The van der Waals surface area contributed by atoms with Crippen molar-refractivity contribution in [2.75, 3.05) is 0 Å². The van der Waals surface area contributed by atoms with Crippen LogP contribution in [0.15, 0.2) is 106 Å². The van der Waals surface area contributed by atoms with Crippen LogP contribution in [-0.2, 0) is 9.84 Å². The topological polar surface area (TPSA) is 74.6 Å². The number of benzene rings is 4. The molecule has 2 N–H and O–H groups in total. The highest BCUT2D eigenvalue weighted by Gasteiger charge is 2.33. The maximum atomic E-state index is 14.3. The number of hydrogen-bond acceptors (Lipinski definition) is 4. The van der Waals surface area contributed by atoms with E-state index in [2.05, 4.69) is 31.9 Å². The van der Waals surface area contributed by atoms with Crippen LogP contribution in [0.3, 0.4) is 0 Å². The number of sulfone groups is 1. The lowest BCUT2D eigenvalue weighted by Gasteiger charge is -2.22. The molecular weight excluding hydrogens is 654 g/mol. The van der Waals surface area contributed by atoms with Gasteiger partial charge in [-0.1, -0.05) is 92.6 Å². The number of halogens is 4. The molecule has 0 radical (unpaired) electrons. The number of phenolic OH excluding ortho intramolecular Hbond substituents is 2. The molecule has 4 aromatic rings. The Labute approximate surface area is 242 Å². The number of hydrogen-bond donors (Lipinski definition) is 2. The molecular formula is C30H22Br2F2O4S. The second-order valence-electron chi connectivity index (χ2n) is 8.67. The molecule has 0 aromatic heterocycles. The van der Waals surface area contributed by atoms with Crippen LogP contribution < -0.4 is 0 Å². The Bertz CT molecular complexity index is 1520. The Kier molecular flexibility index (Phi) is 9.04. The molecule has 0 saturated carbocycles. The van der Waals surface area contributed by atoms with Crippen molar-refractivity contribution in [1.82, 2.24) is 0 Å². The fourth-order valence-corrected chi connectivity index (χ4v) is 6.46. The zero-order valence-electron chi connectivity index (χ0n) is 20.2. The normalized spacial score (nSPS) is 13.6. The molecule has 4 nitrogen and oxygen atoms in total. The predicted molar refractivity (Wildman–Crippen MR) is 157 cm³/mol. The van der Waals surface area contributed by atoms with Crippen LogP contribution in [0.4, 0.5) is 8.78 Å². The van der Waals surface area contributed by atoms with Crippen molar-refractivity contribution >= 4 is 53.8 Å². The highest BCUT2D eigenvalue weighted by Crippen LogP contribution is 2.38. The van der Waals surface area contributed by atoms with Gasteiger partial charge in [0.25, 0.3) is 0 Å². The molecule has 0 spiro atoms. The molecule has 0 amide bonds. The molecule has 0 aliphatic carbocycles. The van der Waals surface area contributed by atoms with Crippen LogP contribution in [0.1, 0.15) is 32.8 Å². The minimum absolute atomic E-state index is 0.420. The van der Waals surface area contributed by atoms with Crippen molar-refractivity contribution < 1.29 is 27.4 Å². The molecule has 4 aromatic carbocycles. The second kappa shape index (κ2) is 12.3. The van der Waals surface area contributed by atoms with Crippen molar-refractivity contribution in [2.45, 2.75) is 10.5 Å². The summed E-state index contributed by atoms with van der Waals surface area (Å²) in [6, 6.07) is 21.2. The molecule has 0 aliphatic rings. The quantitative estimate of drug-likeness (QED) is 0.196. The van der Waals surface area contributed by atoms with E-state index in [0.717, 1.165) is 21.1 Å². The largest absolute Gasteiger partial charge is 0.505 e. The lowest BCUT2D eigenvalue weighted by Crippen LogP contribution is -2.19. The summed E-state index contributed by atoms with van der Waals surface area (Å²) >= 11 is 6.75.